The zero-order valence-corrected chi connectivity index (χ0v) is 13.3. The number of aromatic nitrogens is 3. The number of aliphatic hydroxyl groups is 1. The Labute approximate surface area is 129 Å². The minimum atomic E-state index is -0.583. The van der Waals surface area contributed by atoms with Gasteiger partial charge in [0.15, 0.2) is 0 Å². The standard InChI is InChI=1S/C13H14N4OS.C2H6/c1-10(18)12(7-11-5-3-2-4-6-11)17-13(19-8-14)15-9-16-17;1-2/h2-6,9-10,12,18H,7H2,1H3;1-2H3. The van der Waals surface area contributed by atoms with Crippen LogP contribution in [0.15, 0.2) is 41.8 Å². The molecule has 0 amide bonds. The van der Waals surface area contributed by atoms with Gasteiger partial charge in [-0.15, -0.1) is 0 Å². The Kier molecular flexibility index (Phi) is 7.51. The molecule has 5 nitrogen and oxygen atoms in total. The molecule has 1 heterocycles. The molecule has 0 aliphatic heterocycles. The number of thioether (sulfide) groups is 1. The maximum atomic E-state index is 9.96. The van der Waals surface area contributed by atoms with E-state index < -0.39 is 6.10 Å². The molecule has 2 atom stereocenters. The number of benzene rings is 1. The second kappa shape index (κ2) is 9.16. The smallest absolute Gasteiger partial charge is 0.201 e. The Bertz CT molecular complexity index is 563. The summed E-state index contributed by atoms with van der Waals surface area (Å²) in [5.74, 6) is 0. The topological polar surface area (TPSA) is 74.7 Å². The third-order valence-corrected chi connectivity index (χ3v) is 3.40. The highest BCUT2D eigenvalue weighted by Gasteiger charge is 2.22. The van der Waals surface area contributed by atoms with Crippen molar-refractivity contribution >= 4 is 11.8 Å². The van der Waals surface area contributed by atoms with Crippen LogP contribution in [0.2, 0.25) is 0 Å². The van der Waals surface area contributed by atoms with Crippen molar-refractivity contribution in [2.24, 2.45) is 0 Å². The van der Waals surface area contributed by atoms with E-state index >= 15 is 0 Å². The van der Waals surface area contributed by atoms with Gasteiger partial charge in [0.1, 0.15) is 11.7 Å². The average Bonchev–Trinajstić information content (AvgIpc) is 2.96. The minimum absolute atomic E-state index is 0.235. The summed E-state index contributed by atoms with van der Waals surface area (Å²) >= 11 is 0.949. The second-order valence-electron chi connectivity index (χ2n) is 4.18. The zero-order chi connectivity index (χ0) is 15.7. The highest BCUT2D eigenvalue weighted by Crippen LogP contribution is 2.23. The fourth-order valence-corrected chi connectivity index (χ4v) is 2.36. The number of rotatable bonds is 5. The van der Waals surface area contributed by atoms with Gasteiger partial charge >= 0.3 is 0 Å². The van der Waals surface area contributed by atoms with E-state index in [1.807, 2.05) is 49.6 Å². The van der Waals surface area contributed by atoms with Gasteiger partial charge in [-0.3, -0.25) is 0 Å². The van der Waals surface area contributed by atoms with Gasteiger partial charge in [-0.1, -0.05) is 44.2 Å². The van der Waals surface area contributed by atoms with Crippen molar-refractivity contribution in [2.75, 3.05) is 0 Å². The van der Waals surface area contributed by atoms with Gasteiger partial charge in [0, 0.05) is 11.8 Å². The van der Waals surface area contributed by atoms with Gasteiger partial charge < -0.3 is 5.11 Å². The van der Waals surface area contributed by atoms with Crippen LogP contribution >= 0.6 is 11.8 Å². The van der Waals surface area contributed by atoms with Gasteiger partial charge in [0.2, 0.25) is 5.16 Å². The number of hydrogen-bond donors (Lipinski definition) is 1. The maximum absolute atomic E-state index is 9.96. The quantitative estimate of drug-likeness (QED) is 0.679. The first-order valence-electron chi connectivity index (χ1n) is 6.90. The van der Waals surface area contributed by atoms with E-state index in [0.717, 1.165) is 17.3 Å². The minimum Gasteiger partial charge on any atom is -0.391 e. The molecule has 112 valence electrons. The van der Waals surface area contributed by atoms with Crippen LogP contribution in [0, 0.1) is 10.7 Å². The lowest BCUT2D eigenvalue weighted by Gasteiger charge is -2.21. The molecule has 21 heavy (non-hydrogen) atoms. The van der Waals surface area contributed by atoms with E-state index in [4.69, 9.17) is 5.26 Å². The predicted octanol–water partition coefficient (Wildman–Crippen LogP) is 3.04. The number of nitrogens with zero attached hydrogens (tertiary/aromatic N) is 4. The SMILES string of the molecule is CC.CC(O)C(Cc1ccccc1)n1ncnc1SC#N. The van der Waals surface area contributed by atoms with E-state index in [1.54, 1.807) is 11.6 Å². The molecule has 2 rings (SSSR count). The second-order valence-corrected chi connectivity index (χ2v) is 4.93. The molecule has 0 saturated heterocycles. The summed E-state index contributed by atoms with van der Waals surface area (Å²) in [5.41, 5.74) is 1.11. The van der Waals surface area contributed by atoms with E-state index in [0.29, 0.717) is 11.6 Å². The molecule has 6 heteroatoms. The molecule has 0 spiro atoms. The average molecular weight is 304 g/mol. The van der Waals surface area contributed by atoms with Crippen molar-refractivity contribution in [2.45, 2.75) is 44.5 Å². The number of thiocyanates is 1. The van der Waals surface area contributed by atoms with Crippen LogP contribution < -0.4 is 0 Å². The highest BCUT2D eigenvalue weighted by molar-refractivity contribution is 8.03. The van der Waals surface area contributed by atoms with Gasteiger partial charge in [-0.05, 0) is 18.9 Å². The van der Waals surface area contributed by atoms with Gasteiger partial charge in [-0.25, -0.2) is 9.67 Å². The van der Waals surface area contributed by atoms with Crippen molar-refractivity contribution < 1.29 is 5.11 Å². The van der Waals surface area contributed by atoms with Crippen LogP contribution in [0.4, 0.5) is 0 Å². The lowest BCUT2D eigenvalue weighted by atomic mass is 10.0. The van der Waals surface area contributed by atoms with E-state index in [1.165, 1.54) is 6.33 Å². The third kappa shape index (κ3) is 4.88. The van der Waals surface area contributed by atoms with Crippen molar-refractivity contribution in [3.05, 3.63) is 42.2 Å². The van der Waals surface area contributed by atoms with Gasteiger partial charge in [-0.2, -0.15) is 10.4 Å². The summed E-state index contributed by atoms with van der Waals surface area (Å²) < 4.78 is 1.62. The Hall–Kier alpha value is -1.84. The number of aliphatic hydroxyl groups excluding tert-OH is 1. The molecule has 1 N–H and O–H groups in total. The van der Waals surface area contributed by atoms with Crippen LogP contribution in [0.5, 0.6) is 0 Å². The summed E-state index contributed by atoms with van der Waals surface area (Å²) in [4.78, 5) is 4.03. The van der Waals surface area contributed by atoms with Crippen LogP contribution in [-0.4, -0.2) is 26.0 Å². The van der Waals surface area contributed by atoms with Gasteiger partial charge in [0.05, 0.1) is 12.1 Å². The monoisotopic (exact) mass is 304 g/mol. The van der Waals surface area contributed by atoms with Crippen LogP contribution in [0.25, 0.3) is 0 Å². The van der Waals surface area contributed by atoms with Crippen molar-refractivity contribution in [1.29, 1.82) is 5.26 Å². The Balaban J connectivity index is 0.00000106. The van der Waals surface area contributed by atoms with Crippen LogP contribution in [0.1, 0.15) is 32.4 Å². The first kappa shape index (κ1) is 17.2. The molecule has 0 aliphatic rings. The summed E-state index contributed by atoms with van der Waals surface area (Å²) in [7, 11) is 0. The summed E-state index contributed by atoms with van der Waals surface area (Å²) in [6.07, 6.45) is 1.46. The predicted molar refractivity (Wildman–Crippen MR) is 83.7 cm³/mol. The third-order valence-electron chi connectivity index (χ3n) is 2.84. The molecule has 0 bridgehead atoms. The first-order chi connectivity index (χ1) is 10.2. The molecular weight excluding hydrogens is 284 g/mol. The molecule has 0 radical (unpaired) electrons. The highest BCUT2D eigenvalue weighted by atomic mass is 32.2. The van der Waals surface area contributed by atoms with E-state index in [9.17, 15) is 5.11 Å². The molecule has 2 unspecified atom stereocenters. The van der Waals surface area contributed by atoms with Crippen molar-refractivity contribution in [3.63, 3.8) is 0 Å². The fourth-order valence-electron chi connectivity index (χ4n) is 1.90. The summed E-state index contributed by atoms with van der Waals surface area (Å²) in [6.45, 7) is 5.72. The molecule has 1 aromatic carbocycles. The van der Waals surface area contributed by atoms with Crippen molar-refractivity contribution in [1.82, 2.24) is 14.8 Å². The van der Waals surface area contributed by atoms with E-state index in [2.05, 4.69) is 10.1 Å². The number of nitriles is 1. The lowest BCUT2D eigenvalue weighted by Crippen LogP contribution is -2.25. The summed E-state index contributed by atoms with van der Waals surface area (Å²) in [5, 5.41) is 25.3. The lowest BCUT2D eigenvalue weighted by molar-refractivity contribution is 0.117. The molecule has 0 aliphatic carbocycles. The van der Waals surface area contributed by atoms with Crippen molar-refractivity contribution in [3.8, 4) is 5.40 Å². The molecule has 0 saturated carbocycles. The molecule has 0 fully saturated rings. The normalized spacial score (nSPS) is 12.7. The van der Waals surface area contributed by atoms with Crippen LogP contribution in [-0.2, 0) is 6.42 Å². The van der Waals surface area contributed by atoms with E-state index in [-0.39, 0.29) is 6.04 Å². The summed E-state index contributed by atoms with van der Waals surface area (Å²) in [6, 6.07) is 9.64. The largest absolute Gasteiger partial charge is 0.391 e. The molecule has 1 aromatic heterocycles. The Morgan fingerprint density at radius 3 is 2.57 bits per heavy atom. The zero-order valence-electron chi connectivity index (χ0n) is 12.5. The molecular formula is C15H20N4OS. The van der Waals surface area contributed by atoms with Crippen LogP contribution in [0.3, 0.4) is 0 Å². The maximum Gasteiger partial charge on any atom is 0.201 e. The number of hydrogen-bond acceptors (Lipinski definition) is 5. The fraction of sp³-hybridized carbons (Fsp3) is 0.400. The Morgan fingerprint density at radius 2 is 2.00 bits per heavy atom. The Morgan fingerprint density at radius 1 is 1.33 bits per heavy atom. The molecule has 2 aromatic rings. The first-order valence-corrected chi connectivity index (χ1v) is 7.71. The van der Waals surface area contributed by atoms with Gasteiger partial charge in [0.25, 0.3) is 0 Å².